The van der Waals surface area contributed by atoms with Gasteiger partial charge in [0.15, 0.2) is 11.6 Å². The van der Waals surface area contributed by atoms with E-state index in [1.807, 2.05) is 11.8 Å². The van der Waals surface area contributed by atoms with Crippen molar-refractivity contribution in [2.24, 2.45) is 0 Å². The minimum atomic E-state index is -0.552. The standard InChI is InChI=1S/C29H26ClFN5O4P/c1-3-21(37)34-8-9-35(14(2)11-34)27-17-10-19(30)23-22-16(6-7-20(31)26(22)41)12-39-25(23)24(17)36(29(38)32-27)28-18(13-40-33-28)15-4-5-15/h3,6-7,10,13-15H,1,4-5,8-9,11-12,41H2,2H3/t14-/m0/s1. The van der Waals surface area contributed by atoms with Gasteiger partial charge in [0.05, 0.1) is 5.02 Å². The SMILES string of the molecule is C=CC(=O)N1CCN(c2nc(=O)n(-c3nocc3C3CC3)c3c4c(c(Cl)cc23)-c2c(ccc(F)c2P)CO4)[C@@H](C)C1. The monoisotopic (exact) mass is 593 g/mol. The van der Waals surface area contributed by atoms with Gasteiger partial charge in [0.25, 0.3) is 0 Å². The summed E-state index contributed by atoms with van der Waals surface area (Å²) in [5, 5.41) is 5.52. The van der Waals surface area contributed by atoms with Crippen molar-refractivity contribution < 1.29 is 18.4 Å². The zero-order valence-corrected chi connectivity index (χ0v) is 24.1. The Kier molecular flexibility index (Phi) is 6.17. The van der Waals surface area contributed by atoms with Crippen LogP contribution in [-0.4, -0.2) is 51.2 Å². The molecular formula is C29H26ClFN5O4P. The van der Waals surface area contributed by atoms with Gasteiger partial charge in [-0.15, -0.1) is 9.24 Å². The summed E-state index contributed by atoms with van der Waals surface area (Å²) in [5.41, 5.74) is 2.61. The van der Waals surface area contributed by atoms with Crippen LogP contribution in [0.2, 0.25) is 5.02 Å². The van der Waals surface area contributed by atoms with Crippen LogP contribution in [0.3, 0.4) is 0 Å². The lowest BCUT2D eigenvalue weighted by Gasteiger charge is -2.40. The second-order valence-corrected chi connectivity index (χ2v) is 11.7. The quantitative estimate of drug-likeness (QED) is 0.257. The molecule has 1 saturated heterocycles. The molecule has 2 aromatic carbocycles. The highest BCUT2D eigenvalue weighted by Gasteiger charge is 2.35. The summed E-state index contributed by atoms with van der Waals surface area (Å²) in [5.74, 6) is 0.853. The van der Waals surface area contributed by atoms with E-state index in [2.05, 4.69) is 26.0 Å². The number of benzene rings is 2. The second-order valence-electron chi connectivity index (χ2n) is 10.7. The predicted molar refractivity (Wildman–Crippen MR) is 157 cm³/mol. The zero-order valence-electron chi connectivity index (χ0n) is 22.2. The van der Waals surface area contributed by atoms with Crippen LogP contribution in [0.5, 0.6) is 5.75 Å². The molecule has 9 nitrogen and oxygen atoms in total. The van der Waals surface area contributed by atoms with E-state index in [1.165, 1.54) is 16.7 Å². The number of carbonyl (C=O) groups excluding carboxylic acids is 1. The Morgan fingerprint density at radius 2 is 2.05 bits per heavy atom. The molecule has 1 amide bonds. The van der Waals surface area contributed by atoms with Crippen molar-refractivity contribution in [2.45, 2.75) is 38.3 Å². The Morgan fingerprint density at radius 3 is 2.78 bits per heavy atom. The molecule has 210 valence electrons. The summed E-state index contributed by atoms with van der Waals surface area (Å²) >= 11 is 6.97. The van der Waals surface area contributed by atoms with Gasteiger partial charge in [0, 0.05) is 53.1 Å². The van der Waals surface area contributed by atoms with Crippen LogP contribution in [-0.2, 0) is 11.4 Å². The minimum absolute atomic E-state index is 0.145. The lowest BCUT2D eigenvalue weighted by molar-refractivity contribution is -0.126. The van der Waals surface area contributed by atoms with E-state index in [1.54, 1.807) is 23.3 Å². The number of rotatable bonds is 4. The number of aromatic nitrogens is 3. The van der Waals surface area contributed by atoms with Gasteiger partial charge in [-0.2, -0.15) is 4.98 Å². The van der Waals surface area contributed by atoms with Gasteiger partial charge >= 0.3 is 5.69 Å². The number of halogens is 2. The lowest BCUT2D eigenvalue weighted by Crippen LogP contribution is -2.54. The van der Waals surface area contributed by atoms with Crippen LogP contribution in [0.4, 0.5) is 10.2 Å². The molecular weight excluding hydrogens is 568 g/mol. The minimum Gasteiger partial charge on any atom is -0.486 e. The van der Waals surface area contributed by atoms with E-state index in [0.29, 0.717) is 69.4 Å². The summed E-state index contributed by atoms with van der Waals surface area (Å²) in [4.78, 5) is 34.5. The van der Waals surface area contributed by atoms with Crippen LogP contribution in [0.1, 0.15) is 36.8 Å². The first-order valence-corrected chi connectivity index (χ1v) is 14.4. The van der Waals surface area contributed by atoms with E-state index >= 15 is 0 Å². The van der Waals surface area contributed by atoms with Gasteiger partial charge in [-0.3, -0.25) is 4.79 Å². The first-order valence-electron chi connectivity index (χ1n) is 13.4. The van der Waals surface area contributed by atoms with Gasteiger partial charge in [-0.1, -0.05) is 29.4 Å². The Labute approximate surface area is 241 Å². The molecule has 0 spiro atoms. The molecule has 4 aromatic rings. The van der Waals surface area contributed by atoms with E-state index in [-0.39, 0.29) is 30.3 Å². The molecule has 2 fully saturated rings. The van der Waals surface area contributed by atoms with Crippen molar-refractivity contribution in [3.05, 3.63) is 69.6 Å². The molecule has 0 N–H and O–H groups in total. The Hall–Kier alpha value is -3.75. The molecule has 2 aromatic heterocycles. The molecule has 0 radical (unpaired) electrons. The summed E-state index contributed by atoms with van der Waals surface area (Å²) in [6, 6.07) is 4.68. The average Bonchev–Trinajstić information content (AvgIpc) is 3.70. The summed E-state index contributed by atoms with van der Waals surface area (Å²) in [6.45, 7) is 7.06. The Bertz CT molecular complexity index is 1830. The van der Waals surface area contributed by atoms with E-state index in [9.17, 15) is 14.0 Å². The van der Waals surface area contributed by atoms with Crippen molar-refractivity contribution in [3.8, 4) is 22.7 Å². The van der Waals surface area contributed by atoms with E-state index in [4.69, 9.17) is 20.9 Å². The zero-order chi connectivity index (χ0) is 28.6. The van der Waals surface area contributed by atoms with Crippen molar-refractivity contribution >= 4 is 48.8 Å². The summed E-state index contributed by atoms with van der Waals surface area (Å²) in [6.07, 6.45) is 4.82. The highest BCUT2D eigenvalue weighted by atomic mass is 35.5. The number of amides is 1. The third kappa shape index (κ3) is 4.07. The van der Waals surface area contributed by atoms with Crippen LogP contribution >= 0.6 is 20.8 Å². The molecule has 7 rings (SSSR count). The van der Waals surface area contributed by atoms with Crippen molar-refractivity contribution in [2.75, 3.05) is 24.5 Å². The van der Waals surface area contributed by atoms with Crippen LogP contribution < -0.4 is 20.6 Å². The fourth-order valence-corrected chi connectivity index (χ4v) is 6.70. The van der Waals surface area contributed by atoms with Crippen LogP contribution in [0.15, 0.2) is 46.4 Å². The van der Waals surface area contributed by atoms with Gasteiger partial charge < -0.3 is 19.1 Å². The van der Waals surface area contributed by atoms with Crippen molar-refractivity contribution in [1.82, 2.24) is 19.6 Å². The number of fused-ring (bicyclic) bond motifs is 5. The Balaban J connectivity index is 1.52. The number of anilines is 1. The van der Waals surface area contributed by atoms with Gasteiger partial charge in [-0.05, 0) is 49.5 Å². The lowest BCUT2D eigenvalue weighted by atomic mass is 9.94. The molecule has 1 saturated carbocycles. The number of hydrogen-bond acceptors (Lipinski definition) is 7. The summed E-state index contributed by atoms with van der Waals surface area (Å²) in [7, 11) is 2.47. The number of nitrogens with zero attached hydrogens (tertiary/aromatic N) is 5. The van der Waals surface area contributed by atoms with E-state index < -0.39 is 5.69 Å². The van der Waals surface area contributed by atoms with E-state index in [0.717, 1.165) is 24.0 Å². The molecule has 4 heterocycles. The number of carbonyl (C=O) groups is 1. The van der Waals surface area contributed by atoms with Crippen LogP contribution in [0, 0.1) is 5.82 Å². The predicted octanol–water partition coefficient (Wildman–Crippen LogP) is 4.33. The average molecular weight is 594 g/mol. The molecule has 0 bridgehead atoms. The first-order chi connectivity index (χ1) is 19.8. The third-order valence-corrected chi connectivity index (χ3v) is 9.02. The molecule has 3 aliphatic rings. The molecule has 1 unspecified atom stereocenters. The summed E-state index contributed by atoms with van der Waals surface area (Å²) < 4.78 is 27.9. The highest BCUT2D eigenvalue weighted by molar-refractivity contribution is 7.28. The fourth-order valence-electron chi connectivity index (χ4n) is 5.98. The van der Waals surface area contributed by atoms with Crippen molar-refractivity contribution in [1.29, 1.82) is 0 Å². The topological polar surface area (TPSA) is 93.7 Å². The number of piperazine rings is 1. The maximum absolute atomic E-state index is 14.8. The normalized spacial score (nSPS) is 18.2. The van der Waals surface area contributed by atoms with Gasteiger partial charge in [-0.25, -0.2) is 13.8 Å². The largest absolute Gasteiger partial charge is 0.486 e. The third-order valence-electron chi connectivity index (χ3n) is 8.16. The smallest absolute Gasteiger partial charge is 0.356 e. The molecule has 2 atom stereocenters. The Morgan fingerprint density at radius 1 is 1.24 bits per heavy atom. The van der Waals surface area contributed by atoms with Crippen LogP contribution in [0.25, 0.3) is 27.8 Å². The maximum atomic E-state index is 14.8. The fraction of sp³-hybridized carbons (Fsp3) is 0.310. The molecule has 2 aliphatic heterocycles. The maximum Gasteiger partial charge on any atom is 0.356 e. The molecule has 1 aliphatic carbocycles. The number of ether oxygens (including phenoxy) is 1. The van der Waals surface area contributed by atoms with Gasteiger partial charge in [0.1, 0.15) is 30.0 Å². The molecule has 12 heteroatoms. The van der Waals surface area contributed by atoms with Crippen molar-refractivity contribution in [3.63, 3.8) is 0 Å². The molecule has 41 heavy (non-hydrogen) atoms. The first kappa shape index (κ1) is 26.2. The van der Waals surface area contributed by atoms with Gasteiger partial charge in [0.2, 0.25) is 5.91 Å². The number of hydrogen-bond donors (Lipinski definition) is 0. The highest BCUT2D eigenvalue weighted by Crippen LogP contribution is 2.49. The second kappa shape index (κ2) is 9.67.